The molecule has 1 N–H and O–H groups in total. The van der Waals surface area contributed by atoms with Crippen molar-refractivity contribution < 1.29 is 13.9 Å². The molecule has 0 spiro atoms. The molecule has 0 saturated heterocycles. The third-order valence-corrected chi connectivity index (χ3v) is 3.95. The van der Waals surface area contributed by atoms with Crippen molar-refractivity contribution in [3.05, 3.63) is 12.0 Å². The molecule has 5 heteroatoms. The minimum absolute atomic E-state index is 0.223. The van der Waals surface area contributed by atoms with Crippen LogP contribution in [-0.4, -0.2) is 24.1 Å². The normalized spacial score (nSPS) is 22.5. The largest absolute Gasteiger partial charge is 0.461 e. The molecule has 0 aromatic carbocycles. The Hall–Kier alpha value is -1.52. The maximum absolute atomic E-state index is 11.4. The van der Waals surface area contributed by atoms with Gasteiger partial charge < -0.3 is 14.5 Å². The van der Waals surface area contributed by atoms with Crippen LogP contribution >= 0.6 is 0 Å². The average molecular weight is 280 g/mol. The molecule has 0 bridgehead atoms. The van der Waals surface area contributed by atoms with Gasteiger partial charge in [0.2, 0.25) is 0 Å². The Bertz CT molecular complexity index is 423. The predicted octanol–water partition coefficient (Wildman–Crippen LogP) is 3.48. The SMILES string of the molecule is CCOC(=O)c1coc(NCCC2CCC(C)CC2)n1. The van der Waals surface area contributed by atoms with Crippen molar-refractivity contribution in [2.45, 2.75) is 46.0 Å². The molecule has 1 heterocycles. The lowest BCUT2D eigenvalue weighted by Gasteiger charge is -2.25. The Labute approximate surface area is 120 Å². The first-order valence-electron chi connectivity index (χ1n) is 7.55. The molecule has 20 heavy (non-hydrogen) atoms. The number of carbonyl (C=O) groups excluding carboxylic acids is 1. The van der Waals surface area contributed by atoms with Crippen LogP contribution in [-0.2, 0) is 4.74 Å². The quantitative estimate of drug-likeness (QED) is 0.808. The number of carbonyl (C=O) groups is 1. The molecule has 0 atom stereocenters. The monoisotopic (exact) mass is 280 g/mol. The minimum Gasteiger partial charge on any atom is -0.461 e. The van der Waals surface area contributed by atoms with Crippen molar-refractivity contribution in [2.75, 3.05) is 18.5 Å². The van der Waals surface area contributed by atoms with E-state index in [1.54, 1.807) is 6.92 Å². The molecule has 0 aliphatic heterocycles. The highest BCUT2D eigenvalue weighted by molar-refractivity contribution is 5.87. The van der Waals surface area contributed by atoms with Crippen LogP contribution in [0.4, 0.5) is 6.01 Å². The Morgan fingerprint density at radius 3 is 2.90 bits per heavy atom. The van der Waals surface area contributed by atoms with E-state index < -0.39 is 5.97 Å². The molecule has 1 aliphatic rings. The van der Waals surface area contributed by atoms with Gasteiger partial charge >= 0.3 is 5.97 Å². The van der Waals surface area contributed by atoms with E-state index in [4.69, 9.17) is 9.15 Å². The highest BCUT2D eigenvalue weighted by atomic mass is 16.5. The number of nitrogens with zero attached hydrogens (tertiary/aromatic N) is 1. The van der Waals surface area contributed by atoms with Gasteiger partial charge in [-0.3, -0.25) is 0 Å². The Morgan fingerprint density at radius 2 is 2.20 bits per heavy atom. The standard InChI is InChI=1S/C15H24N2O3/c1-3-19-14(18)13-10-20-15(17-13)16-9-8-12-6-4-11(2)5-7-12/h10-12H,3-9H2,1-2H3,(H,16,17). The number of oxazole rings is 1. The zero-order chi connectivity index (χ0) is 14.4. The summed E-state index contributed by atoms with van der Waals surface area (Å²) >= 11 is 0. The molecule has 5 nitrogen and oxygen atoms in total. The summed E-state index contributed by atoms with van der Waals surface area (Å²) in [6.45, 7) is 5.27. The van der Waals surface area contributed by atoms with Gasteiger partial charge in [0, 0.05) is 6.54 Å². The van der Waals surface area contributed by atoms with E-state index in [1.165, 1.54) is 31.9 Å². The maximum atomic E-state index is 11.4. The number of nitrogens with one attached hydrogen (secondary N) is 1. The van der Waals surface area contributed by atoms with Gasteiger partial charge in [-0.1, -0.05) is 32.6 Å². The number of hydrogen-bond acceptors (Lipinski definition) is 5. The fourth-order valence-corrected chi connectivity index (χ4v) is 2.65. The van der Waals surface area contributed by atoms with Crippen LogP contribution in [0, 0.1) is 11.8 Å². The number of esters is 1. The van der Waals surface area contributed by atoms with Crippen LogP contribution in [0.5, 0.6) is 0 Å². The van der Waals surface area contributed by atoms with Gasteiger partial charge in [-0.25, -0.2) is 4.79 Å². The number of aromatic nitrogens is 1. The van der Waals surface area contributed by atoms with E-state index in [2.05, 4.69) is 17.2 Å². The molecular formula is C15H24N2O3. The first-order chi connectivity index (χ1) is 9.69. The summed E-state index contributed by atoms with van der Waals surface area (Å²) in [5.74, 6) is 1.25. The van der Waals surface area contributed by atoms with E-state index in [0.717, 1.165) is 24.8 Å². The average Bonchev–Trinajstić information content (AvgIpc) is 2.90. The Morgan fingerprint density at radius 1 is 1.45 bits per heavy atom. The highest BCUT2D eigenvalue weighted by Crippen LogP contribution is 2.30. The first kappa shape index (κ1) is 14.9. The summed E-state index contributed by atoms with van der Waals surface area (Å²) in [6.07, 6.45) is 7.80. The van der Waals surface area contributed by atoms with Gasteiger partial charge in [-0.2, -0.15) is 4.98 Å². The summed E-state index contributed by atoms with van der Waals surface area (Å²) in [4.78, 5) is 15.5. The molecule has 1 aromatic heterocycles. The van der Waals surface area contributed by atoms with Crippen molar-refractivity contribution in [3.8, 4) is 0 Å². The van der Waals surface area contributed by atoms with E-state index in [-0.39, 0.29) is 5.69 Å². The molecule has 0 radical (unpaired) electrons. The summed E-state index contributed by atoms with van der Waals surface area (Å²) in [5, 5.41) is 3.13. The van der Waals surface area contributed by atoms with Gasteiger partial charge in [-0.05, 0) is 25.2 Å². The number of anilines is 1. The van der Waals surface area contributed by atoms with Crippen LogP contribution in [0.3, 0.4) is 0 Å². The lowest BCUT2D eigenvalue weighted by molar-refractivity contribution is 0.0519. The van der Waals surface area contributed by atoms with Crippen molar-refractivity contribution in [2.24, 2.45) is 11.8 Å². The zero-order valence-electron chi connectivity index (χ0n) is 12.4. The zero-order valence-corrected chi connectivity index (χ0v) is 12.4. The smallest absolute Gasteiger partial charge is 0.360 e. The second kappa shape index (κ2) is 7.31. The summed E-state index contributed by atoms with van der Waals surface area (Å²) in [5.41, 5.74) is 0.223. The molecular weight excluding hydrogens is 256 g/mol. The molecule has 0 amide bonds. The molecule has 1 aromatic rings. The van der Waals surface area contributed by atoms with E-state index >= 15 is 0 Å². The van der Waals surface area contributed by atoms with Gasteiger partial charge in [-0.15, -0.1) is 0 Å². The predicted molar refractivity (Wildman–Crippen MR) is 76.7 cm³/mol. The third kappa shape index (κ3) is 4.25. The first-order valence-corrected chi connectivity index (χ1v) is 7.55. The van der Waals surface area contributed by atoms with Gasteiger partial charge in [0.05, 0.1) is 6.61 Å². The van der Waals surface area contributed by atoms with Gasteiger partial charge in [0.1, 0.15) is 6.26 Å². The fraction of sp³-hybridized carbons (Fsp3) is 0.733. The molecule has 1 fully saturated rings. The molecule has 1 saturated carbocycles. The van der Waals surface area contributed by atoms with Crippen molar-refractivity contribution >= 4 is 12.0 Å². The molecule has 0 unspecified atom stereocenters. The summed E-state index contributed by atoms with van der Waals surface area (Å²) in [7, 11) is 0. The van der Waals surface area contributed by atoms with Crippen LogP contribution in [0.15, 0.2) is 10.7 Å². The van der Waals surface area contributed by atoms with Gasteiger partial charge in [0.25, 0.3) is 6.01 Å². The minimum atomic E-state index is -0.439. The van der Waals surface area contributed by atoms with E-state index in [0.29, 0.717) is 12.6 Å². The molecule has 1 aliphatic carbocycles. The Kier molecular flexibility index (Phi) is 5.44. The van der Waals surface area contributed by atoms with Crippen LogP contribution < -0.4 is 5.32 Å². The second-order valence-electron chi connectivity index (χ2n) is 5.60. The number of hydrogen-bond donors (Lipinski definition) is 1. The van der Waals surface area contributed by atoms with Crippen LogP contribution in [0.2, 0.25) is 0 Å². The van der Waals surface area contributed by atoms with Crippen LogP contribution in [0.25, 0.3) is 0 Å². The number of rotatable bonds is 6. The highest BCUT2D eigenvalue weighted by Gasteiger charge is 2.18. The van der Waals surface area contributed by atoms with Crippen molar-refractivity contribution in [1.29, 1.82) is 0 Å². The van der Waals surface area contributed by atoms with Crippen molar-refractivity contribution in [3.63, 3.8) is 0 Å². The molecule has 112 valence electrons. The van der Waals surface area contributed by atoms with Crippen LogP contribution in [0.1, 0.15) is 56.4 Å². The molecule has 2 rings (SSSR count). The second-order valence-corrected chi connectivity index (χ2v) is 5.60. The fourth-order valence-electron chi connectivity index (χ4n) is 2.65. The number of ether oxygens (including phenoxy) is 1. The summed E-state index contributed by atoms with van der Waals surface area (Å²) in [6, 6.07) is 0.400. The topological polar surface area (TPSA) is 64.4 Å². The van der Waals surface area contributed by atoms with Gasteiger partial charge in [0.15, 0.2) is 5.69 Å². The lowest BCUT2D eigenvalue weighted by atomic mass is 9.81. The lowest BCUT2D eigenvalue weighted by Crippen LogP contribution is -2.16. The maximum Gasteiger partial charge on any atom is 0.360 e. The third-order valence-electron chi connectivity index (χ3n) is 3.95. The van der Waals surface area contributed by atoms with Crippen molar-refractivity contribution in [1.82, 2.24) is 4.98 Å². The summed E-state index contributed by atoms with van der Waals surface area (Å²) < 4.78 is 10.1. The van der Waals surface area contributed by atoms with E-state index in [9.17, 15) is 4.79 Å². The Balaban J connectivity index is 1.70. The van der Waals surface area contributed by atoms with E-state index in [1.807, 2.05) is 0 Å².